The van der Waals surface area contributed by atoms with Gasteiger partial charge >= 0.3 is 0 Å². The summed E-state index contributed by atoms with van der Waals surface area (Å²) >= 11 is 0. The lowest BCUT2D eigenvalue weighted by molar-refractivity contribution is 0.458. The third-order valence-electron chi connectivity index (χ3n) is 1.71. The van der Waals surface area contributed by atoms with Gasteiger partial charge in [-0.25, -0.2) is 0 Å². The van der Waals surface area contributed by atoms with Crippen molar-refractivity contribution >= 4 is 12.6 Å². The lowest BCUT2D eigenvalue weighted by Crippen LogP contribution is -2.23. The van der Waals surface area contributed by atoms with Gasteiger partial charge in [-0.3, -0.25) is 9.59 Å². The molecule has 1 rings (SSSR count). The molecule has 0 spiro atoms. The van der Waals surface area contributed by atoms with Crippen molar-refractivity contribution in [2.45, 2.75) is 19.3 Å². The number of carbonyl (C=O) groups excluding carboxylic acids is 2. The van der Waals surface area contributed by atoms with E-state index in [9.17, 15) is 9.59 Å². The average molecular weight is 136 g/mol. The Bertz CT molecular complexity index is 162. The van der Waals surface area contributed by atoms with Gasteiger partial charge in [0, 0.05) is 0 Å². The molecule has 0 saturated carbocycles. The fourth-order valence-corrected chi connectivity index (χ4v) is 1.06. The Hall–Kier alpha value is -0.920. The van der Waals surface area contributed by atoms with Gasteiger partial charge in [0.25, 0.3) is 0 Å². The van der Waals surface area contributed by atoms with Crippen molar-refractivity contribution in [2.75, 3.05) is 0 Å². The minimum absolute atomic E-state index is 0.566. The molecule has 0 fully saturated rings. The normalized spacial score (nSPS) is 22.0. The van der Waals surface area contributed by atoms with Gasteiger partial charge < -0.3 is 0 Å². The van der Waals surface area contributed by atoms with Gasteiger partial charge in [0.05, 0.1) is 0 Å². The second-order valence-corrected chi connectivity index (χ2v) is 2.47. The third kappa shape index (κ3) is 1.15. The fourth-order valence-electron chi connectivity index (χ4n) is 1.06. The molecular weight excluding hydrogens is 128 g/mol. The Balaban J connectivity index is 2.80. The van der Waals surface area contributed by atoms with Crippen molar-refractivity contribution in [3.8, 4) is 0 Å². The number of rotatable bonds is 2. The van der Waals surface area contributed by atoms with Crippen molar-refractivity contribution in [3.05, 3.63) is 12.2 Å². The van der Waals surface area contributed by atoms with Crippen LogP contribution in [0.15, 0.2) is 12.2 Å². The molecule has 0 aliphatic heterocycles. The van der Waals surface area contributed by atoms with Crippen molar-refractivity contribution in [3.63, 3.8) is 0 Å². The molecule has 2 heteroatoms. The summed E-state index contributed by atoms with van der Waals surface area (Å²) in [6.07, 6.45) is 9.23. The van der Waals surface area contributed by atoms with Crippen molar-refractivity contribution < 1.29 is 9.59 Å². The summed E-state index contributed by atoms with van der Waals surface area (Å²) in [4.78, 5) is 20.5. The maximum absolute atomic E-state index is 10.3. The van der Waals surface area contributed by atoms with Gasteiger partial charge in [-0.2, -0.15) is 0 Å². The fraction of sp³-hybridized carbons (Fsp3) is 0.500. The smallest absolute Gasteiger partial charge is 0.217 e. The Kier molecular flexibility index (Phi) is 2.00. The molecule has 0 bridgehead atoms. The van der Waals surface area contributed by atoms with E-state index in [1.165, 1.54) is 0 Å². The summed E-state index contributed by atoms with van der Waals surface area (Å²) in [6.45, 7) is 0. The van der Waals surface area contributed by atoms with Gasteiger partial charge in [0.1, 0.15) is 5.41 Å². The first kappa shape index (κ1) is 7.19. The van der Waals surface area contributed by atoms with Gasteiger partial charge in [0.15, 0.2) is 0 Å². The van der Waals surface area contributed by atoms with E-state index in [2.05, 4.69) is 0 Å². The number of hydrogen-bond acceptors (Lipinski definition) is 2. The summed E-state index contributed by atoms with van der Waals surface area (Å²) in [5, 5.41) is 0. The highest BCUT2D eigenvalue weighted by atomic mass is 16.1. The molecule has 0 atom stereocenters. The molecule has 2 nitrogen and oxygen atoms in total. The first-order chi connectivity index (χ1) is 4.83. The lowest BCUT2D eigenvalue weighted by Gasteiger charge is -2.17. The first-order valence-corrected chi connectivity index (χ1v) is 3.29. The van der Waals surface area contributed by atoms with Crippen LogP contribution in [-0.4, -0.2) is 12.6 Å². The molecule has 10 heavy (non-hydrogen) atoms. The highest BCUT2D eigenvalue weighted by Crippen LogP contribution is 2.25. The molecule has 52 valence electrons. The van der Waals surface area contributed by atoms with Crippen LogP contribution in [0.25, 0.3) is 0 Å². The predicted molar refractivity (Wildman–Crippen MR) is 36.8 cm³/mol. The standard InChI is InChI=1S/C8H8O2/c9-6-8(7-10)4-2-1-3-5-8/h2,4H,1,3,5H2. The van der Waals surface area contributed by atoms with Crippen molar-refractivity contribution in [2.24, 2.45) is 5.41 Å². The Labute approximate surface area is 59.9 Å². The molecule has 0 aromatic rings. The zero-order valence-corrected chi connectivity index (χ0v) is 5.59. The van der Waals surface area contributed by atoms with Gasteiger partial charge in [0.2, 0.25) is 12.6 Å². The van der Waals surface area contributed by atoms with Crippen LogP contribution in [0.2, 0.25) is 0 Å². The molecule has 0 aromatic heterocycles. The second-order valence-electron chi connectivity index (χ2n) is 2.47. The lowest BCUT2D eigenvalue weighted by atomic mass is 9.82. The molecule has 2 radical (unpaired) electrons. The maximum Gasteiger partial charge on any atom is 0.217 e. The second kappa shape index (κ2) is 2.78. The van der Waals surface area contributed by atoms with Crippen molar-refractivity contribution in [1.82, 2.24) is 0 Å². The summed E-state index contributed by atoms with van der Waals surface area (Å²) in [5.41, 5.74) is -1.03. The number of allylic oxidation sites excluding steroid dienone is 2. The topological polar surface area (TPSA) is 34.1 Å². The molecule has 0 saturated heterocycles. The highest BCUT2D eigenvalue weighted by Gasteiger charge is 2.29. The van der Waals surface area contributed by atoms with Crippen LogP contribution in [0, 0.1) is 5.41 Å². The summed E-state index contributed by atoms with van der Waals surface area (Å²) in [7, 11) is 0. The Morgan fingerprint density at radius 3 is 2.30 bits per heavy atom. The van der Waals surface area contributed by atoms with E-state index in [4.69, 9.17) is 0 Å². The van der Waals surface area contributed by atoms with E-state index in [-0.39, 0.29) is 0 Å². The molecule has 0 N–H and O–H groups in total. The summed E-state index contributed by atoms with van der Waals surface area (Å²) < 4.78 is 0. The third-order valence-corrected chi connectivity index (χ3v) is 1.71. The largest absolute Gasteiger partial charge is 0.289 e. The molecule has 0 amide bonds. The monoisotopic (exact) mass is 136 g/mol. The van der Waals surface area contributed by atoms with Crippen LogP contribution in [0.1, 0.15) is 19.3 Å². The van der Waals surface area contributed by atoms with Crippen LogP contribution in [0.3, 0.4) is 0 Å². The van der Waals surface area contributed by atoms with Gasteiger partial charge in [-0.15, -0.1) is 0 Å². The van der Waals surface area contributed by atoms with Gasteiger partial charge in [-0.05, 0) is 19.3 Å². The van der Waals surface area contributed by atoms with Crippen LogP contribution in [0.5, 0.6) is 0 Å². The van der Waals surface area contributed by atoms with E-state index in [1.54, 1.807) is 18.6 Å². The summed E-state index contributed by atoms with van der Waals surface area (Å²) in [6, 6.07) is 0. The van der Waals surface area contributed by atoms with Crippen molar-refractivity contribution in [1.29, 1.82) is 0 Å². The zero-order valence-electron chi connectivity index (χ0n) is 5.59. The van der Waals surface area contributed by atoms with Gasteiger partial charge in [-0.1, -0.05) is 12.2 Å². The maximum atomic E-state index is 10.3. The van der Waals surface area contributed by atoms with Crippen LogP contribution in [0.4, 0.5) is 0 Å². The first-order valence-electron chi connectivity index (χ1n) is 3.29. The zero-order chi connectivity index (χ0) is 7.45. The van der Waals surface area contributed by atoms with E-state index < -0.39 is 5.41 Å². The minimum Gasteiger partial charge on any atom is -0.289 e. The van der Waals surface area contributed by atoms with Crippen LogP contribution >= 0.6 is 0 Å². The molecule has 0 heterocycles. The highest BCUT2D eigenvalue weighted by molar-refractivity contribution is 5.87. The van der Waals surface area contributed by atoms with Crippen LogP contribution in [-0.2, 0) is 9.59 Å². The minimum atomic E-state index is -1.03. The Morgan fingerprint density at radius 1 is 1.30 bits per heavy atom. The SMILES string of the molecule is O=[C]C1([C]=O)C=CCCC1. The van der Waals surface area contributed by atoms with E-state index in [0.29, 0.717) is 6.42 Å². The molecule has 1 aliphatic rings. The van der Waals surface area contributed by atoms with Crippen LogP contribution < -0.4 is 0 Å². The molecule has 0 aromatic carbocycles. The van der Waals surface area contributed by atoms with E-state index >= 15 is 0 Å². The van der Waals surface area contributed by atoms with E-state index in [1.807, 2.05) is 6.08 Å². The molecule has 0 unspecified atom stereocenters. The van der Waals surface area contributed by atoms with E-state index in [0.717, 1.165) is 12.8 Å². The number of hydrogen-bond donors (Lipinski definition) is 0. The molecule has 1 aliphatic carbocycles. The molecular formula is C8H8O2. The summed E-state index contributed by atoms with van der Waals surface area (Å²) in [5.74, 6) is 0. The Morgan fingerprint density at radius 2 is 2.00 bits per heavy atom. The quantitative estimate of drug-likeness (QED) is 0.418. The average Bonchev–Trinajstić information content (AvgIpc) is 2.06. The predicted octanol–water partition coefficient (Wildman–Crippen LogP) is 0.932.